The van der Waals surface area contributed by atoms with Crippen molar-refractivity contribution in [3.8, 4) is 5.75 Å². The Hall–Kier alpha value is -1.07. The SMILES string of the molecule is O=C(c1ccccc1OC(F)F)N(CCCl)CCCl. The fraction of sp³-hybridized carbons (Fsp3) is 0.417. The highest BCUT2D eigenvalue weighted by molar-refractivity contribution is 6.18. The summed E-state index contributed by atoms with van der Waals surface area (Å²) in [6.45, 7) is -2.41. The minimum atomic E-state index is -2.98. The van der Waals surface area contributed by atoms with Crippen molar-refractivity contribution in [2.75, 3.05) is 24.8 Å². The molecule has 0 aliphatic carbocycles. The Bertz CT molecular complexity index is 412. The van der Waals surface area contributed by atoms with Crippen LogP contribution in [-0.4, -0.2) is 42.3 Å². The first-order valence-corrected chi connectivity index (χ1v) is 6.62. The van der Waals surface area contributed by atoms with Crippen LogP contribution in [0.3, 0.4) is 0 Å². The van der Waals surface area contributed by atoms with Crippen molar-refractivity contribution in [3.63, 3.8) is 0 Å². The summed E-state index contributed by atoms with van der Waals surface area (Å²) >= 11 is 11.2. The fourth-order valence-corrected chi connectivity index (χ4v) is 1.94. The number of hydrogen-bond acceptors (Lipinski definition) is 2. The number of halogens is 4. The van der Waals surface area contributed by atoms with Crippen LogP contribution < -0.4 is 4.74 Å². The quantitative estimate of drug-likeness (QED) is 0.724. The molecule has 0 spiro atoms. The van der Waals surface area contributed by atoms with E-state index in [0.717, 1.165) is 0 Å². The molecule has 0 atom stereocenters. The molecule has 1 amide bonds. The number of para-hydroxylation sites is 1. The summed E-state index contributed by atoms with van der Waals surface area (Å²) in [5, 5.41) is 0. The van der Waals surface area contributed by atoms with Crippen LogP contribution in [-0.2, 0) is 0 Å². The second-order valence-electron chi connectivity index (χ2n) is 3.54. The topological polar surface area (TPSA) is 29.5 Å². The Balaban J connectivity index is 2.96. The maximum Gasteiger partial charge on any atom is 0.387 e. The molecular formula is C12H13Cl2F2NO2. The van der Waals surface area contributed by atoms with Crippen molar-refractivity contribution < 1.29 is 18.3 Å². The van der Waals surface area contributed by atoms with Gasteiger partial charge in [-0.15, -0.1) is 23.2 Å². The van der Waals surface area contributed by atoms with Gasteiger partial charge in [0.25, 0.3) is 5.91 Å². The van der Waals surface area contributed by atoms with Gasteiger partial charge in [0, 0.05) is 24.8 Å². The fourth-order valence-electron chi connectivity index (χ4n) is 1.53. The van der Waals surface area contributed by atoms with E-state index in [1.807, 2.05) is 0 Å². The molecule has 0 saturated heterocycles. The van der Waals surface area contributed by atoms with Gasteiger partial charge >= 0.3 is 6.61 Å². The van der Waals surface area contributed by atoms with Crippen molar-refractivity contribution in [2.24, 2.45) is 0 Å². The van der Waals surface area contributed by atoms with E-state index in [2.05, 4.69) is 4.74 Å². The van der Waals surface area contributed by atoms with Crippen LogP contribution in [0.4, 0.5) is 8.78 Å². The van der Waals surface area contributed by atoms with Gasteiger partial charge in [0.05, 0.1) is 5.56 Å². The predicted octanol–water partition coefficient (Wildman–Crippen LogP) is 3.21. The smallest absolute Gasteiger partial charge is 0.387 e. The second-order valence-corrected chi connectivity index (χ2v) is 4.30. The lowest BCUT2D eigenvalue weighted by Crippen LogP contribution is -2.34. The number of alkyl halides is 4. The average molecular weight is 312 g/mol. The van der Waals surface area contributed by atoms with E-state index < -0.39 is 12.5 Å². The van der Waals surface area contributed by atoms with Crippen LogP contribution >= 0.6 is 23.2 Å². The zero-order valence-electron chi connectivity index (χ0n) is 9.99. The largest absolute Gasteiger partial charge is 0.434 e. The lowest BCUT2D eigenvalue weighted by atomic mass is 10.1. The lowest BCUT2D eigenvalue weighted by Gasteiger charge is -2.21. The molecule has 19 heavy (non-hydrogen) atoms. The van der Waals surface area contributed by atoms with Gasteiger partial charge in [0.1, 0.15) is 5.75 Å². The summed E-state index contributed by atoms with van der Waals surface area (Å²) in [5.74, 6) is -0.115. The molecule has 0 heterocycles. The maximum absolute atomic E-state index is 12.3. The van der Waals surface area contributed by atoms with Gasteiger partial charge in [-0.25, -0.2) is 0 Å². The summed E-state index contributed by atoms with van der Waals surface area (Å²) in [6.07, 6.45) is 0. The van der Waals surface area contributed by atoms with E-state index in [1.165, 1.54) is 23.1 Å². The Morgan fingerprint density at radius 2 is 1.79 bits per heavy atom. The molecule has 3 nitrogen and oxygen atoms in total. The number of benzene rings is 1. The Labute approximate surface area is 120 Å². The van der Waals surface area contributed by atoms with Crippen molar-refractivity contribution in [2.45, 2.75) is 6.61 Å². The van der Waals surface area contributed by atoms with Crippen LogP contribution in [0.5, 0.6) is 5.75 Å². The molecule has 0 bridgehead atoms. The summed E-state index contributed by atoms with van der Waals surface area (Å²) in [4.78, 5) is 13.6. The first-order valence-electron chi connectivity index (χ1n) is 5.55. The molecule has 0 saturated carbocycles. The van der Waals surface area contributed by atoms with E-state index in [0.29, 0.717) is 0 Å². The van der Waals surface area contributed by atoms with Gasteiger partial charge in [-0.1, -0.05) is 12.1 Å². The highest BCUT2D eigenvalue weighted by Gasteiger charge is 2.20. The van der Waals surface area contributed by atoms with Gasteiger partial charge in [-0.3, -0.25) is 4.79 Å². The number of nitrogens with zero attached hydrogens (tertiary/aromatic N) is 1. The third-order valence-electron chi connectivity index (χ3n) is 2.33. The molecule has 0 unspecified atom stereocenters. The van der Waals surface area contributed by atoms with Crippen LogP contribution in [0, 0.1) is 0 Å². The lowest BCUT2D eigenvalue weighted by molar-refractivity contribution is -0.0502. The molecular weight excluding hydrogens is 299 g/mol. The zero-order valence-corrected chi connectivity index (χ0v) is 11.5. The first-order chi connectivity index (χ1) is 9.10. The van der Waals surface area contributed by atoms with Gasteiger partial charge in [0.15, 0.2) is 0 Å². The summed E-state index contributed by atoms with van der Waals surface area (Å²) < 4.78 is 28.9. The molecule has 0 aliphatic heterocycles. The van der Waals surface area contributed by atoms with Crippen LogP contribution in [0.15, 0.2) is 24.3 Å². The molecule has 0 fully saturated rings. The van der Waals surface area contributed by atoms with Crippen LogP contribution in [0.25, 0.3) is 0 Å². The number of carbonyl (C=O) groups is 1. The molecule has 0 aromatic heterocycles. The molecule has 1 aromatic rings. The van der Waals surface area contributed by atoms with Crippen LogP contribution in [0.2, 0.25) is 0 Å². The Morgan fingerprint density at radius 1 is 1.21 bits per heavy atom. The Morgan fingerprint density at radius 3 is 2.32 bits per heavy atom. The number of amides is 1. The van der Waals surface area contributed by atoms with Gasteiger partial charge in [0.2, 0.25) is 0 Å². The summed E-state index contributed by atoms with van der Waals surface area (Å²) in [7, 11) is 0. The van der Waals surface area contributed by atoms with Crippen molar-refractivity contribution in [1.82, 2.24) is 4.90 Å². The van der Waals surface area contributed by atoms with E-state index in [-0.39, 0.29) is 36.2 Å². The molecule has 106 valence electrons. The van der Waals surface area contributed by atoms with Gasteiger partial charge in [-0.05, 0) is 12.1 Å². The number of rotatable bonds is 7. The minimum Gasteiger partial charge on any atom is -0.434 e. The third-order valence-corrected chi connectivity index (χ3v) is 2.67. The standard InChI is InChI=1S/C12H13Cl2F2NO2/c13-5-7-17(8-6-14)11(18)9-3-1-2-4-10(9)19-12(15)16/h1-4,12H,5-8H2. The number of hydrogen-bond donors (Lipinski definition) is 0. The number of carbonyl (C=O) groups excluding carboxylic acids is 1. The van der Waals surface area contributed by atoms with E-state index in [1.54, 1.807) is 6.07 Å². The highest BCUT2D eigenvalue weighted by Crippen LogP contribution is 2.22. The van der Waals surface area contributed by atoms with Crippen molar-refractivity contribution >= 4 is 29.1 Å². The molecule has 1 aromatic carbocycles. The average Bonchev–Trinajstić information content (AvgIpc) is 2.38. The molecule has 1 rings (SSSR count). The normalized spacial score (nSPS) is 10.6. The maximum atomic E-state index is 12.3. The zero-order chi connectivity index (χ0) is 14.3. The van der Waals surface area contributed by atoms with E-state index in [9.17, 15) is 13.6 Å². The minimum absolute atomic E-state index is 0.0676. The second kappa shape index (κ2) is 8.17. The molecule has 0 radical (unpaired) electrons. The van der Waals surface area contributed by atoms with E-state index >= 15 is 0 Å². The van der Waals surface area contributed by atoms with Gasteiger partial charge < -0.3 is 9.64 Å². The summed E-state index contributed by atoms with van der Waals surface area (Å²) in [5.41, 5.74) is 0.0676. The third kappa shape index (κ3) is 4.84. The monoisotopic (exact) mass is 311 g/mol. The molecule has 7 heteroatoms. The van der Waals surface area contributed by atoms with Gasteiger partial charge in [-0.2, -0.15) is 8.78 Å². The predicted molar refractivity (Wildman–Crippen MR) is 70.4 cm³/mol. The van der Waals surface area contributed by atoms with Crippen molar-refractivity contribution in [3.05, 3.63) is 29.8 Å². The first kappa shape index (κ1) is 16.0. The Kier molecular flexibility index (Phi) is 6.87. The van der Waals surface area contributed by atoms with E-state index in [4.69, 9.17) is 23.2 Å². The molecule has 0 aliphatic rings. The molecule has 0 N–H and O–H groups in total. The summed E-state index contributed by atoms with van der Waals surface area (Å²) in [6, 6.07) is 5.83. The highest BCUT2D eigenvalue weighted by atomic mass is 35.5. The van der Waals surface area contributed by atoms with Crippen molar-refractivity contribution in [1.29, 1.82) is 0 Å². The number of ether oxygens (including phenoxy) is 1. The van der Waals surface area contributed by atoms with Crippen LogP contribution in [0.1, 0.15) is 10.4 Å².